The molecular weight excluding hydrogens is 238 g/mol. The van der Waals surface area contributed by atoms with Crippen molar-refractivity contribution in [3.63, 3.8) is 0 Å². The van der Waals surface area contributed by atoms with Crippen molar-refractivity contribution in [2.45, 2.75) is 32.9 Å². The highest BCUT2D eigenvalue weighted by Gasteiger charge is 2.05. The van der Waals surface area contributed by atoms with Crippen LogP contribution in [0.1, 0.15) is 35.3 Å². The van der Waals surface area contributed by atoms with Crippen molar-refractivity contribution in [3.05, 3.63) is 32.7 Å². The van der Waals surface area contributed by atoms with Gasteiger partial charge in [0.25, 0.3) is 0 Å². The van der Waals surface area contributed by atoms with Crippen molar-refractivity contribution in [2.75, 3.05) is 0 Å². The SMILES string of the molecule is CC(C)c1csc(CNCc2cncs2)n1. The van der Waals surface area contributed by atoms with Crippen LogP contribution in [0, 0.1) is 0 Å². The Morgan fingerprint density at radius 1 is 1.31 bits per heavy atom. The van der Waals surface area contributed by atoms with Gasteiger partial charge in [0.05, 0.1) is 11.2 Å². The Morgan fingerprint density at radius 2 is 2.19 bits per heavy atom. The summed E-state index contributed by atoms with van der Waals surface area (Å²) < 4.78 is 0. The zero-order chi connectivity index (χ0) is 11.4. The first-order chi connectivity index (χ1) is 7.75. The van der Waals surface area contributed by atoms with Crippen molar-refractivity contribution in [1.29, 1.82) is 0 Å². The molecule has 1 N–H and O–H groups in total. The van der Waals surface area contributed by atoms with Crippen LogP contribution >= 0.6 is 22.7 Å². The van der Waals surface area contributed by atoms with Crippen LogP contribution in [0.2, 0.25) is 0 Å². The van der Waals surface area contributed by atoms with E-state index in [0.717, 1.165) is 18.1 Å². The second-order valence-electron chi connectivity index (χ2n) is 3.89. The molecule has 0 aliphatic heterocycles. The van der Waals surface area contributed by atoms with Crippen LogP contribution in [0.5, 0.6) is 0 Å². The first-order valence-electron chi connectivity index (χ1n) is 5.28. The number of nitrogens with zero attached hydrogens (tertiary/aromatic N) is 2. The molecule has 0 bridgehead atoms. The fraction of sp³-hybridized carbons (Fsp3) is 0.455. The molecule has 2 heterocycles. The average Bonchev–Trinajstić information content (AvgIpc) is 2.87. The molecule has 0 radical (unpaired) electrons. The van der Waals surface area contributed by atoms with Crippen molar-refractivity contribution >= 4 is 22.7 Å². The maximum atomic E-state index is 4.57. The number of hydrogen-bond acceptors (Lipinski definition) is 5. The van der Waals surface area contributed by atoms with E-state index < -0.39 is 0 Å². The summed E-state index contributed by atoms with van der Waals surface area (Å²) in [5, 5.41) is 6.68. The summed E-state index contributed by atoms with van der Waals surface area (Å²) in [6, 6.07) is 0. The van der Waals surface area contributed by atoms with Crippen molar-refractivity contribution in [3.8, 4) is 0 Å². The minimum absolute atomic E-state index is 0.520. The summed E-state index contributed by atoms with van der Waals surface area (Å²) in [5.41, 5.74) is 3.05. The van der Waals surface area contributed by atoms with E-state index in [2.05, 4.69) is 34.5 Å². The van der Waals surface area contributed by atoms with E-state index in [1.807, 2.05) is 11.7 Å². The molecule has 0 amide bonds. The number of aromatic nitrogens is 2. The number of rotatable bonds is 5. The van der Waals surface area contributed by atoms with E-state index in [1.54, 1.807) is 22.7 Å². The van der Waals surface area contributed by atoms with Gasteiger partial charge in [-0.2, -0.15) is 0 Å². The van der Waals surface area contributed by atoms with Gasteiger partial charge in [0.2, 0.25) is 0 Å². The third-order valence-corrected chi connectivity index (χ3v) is 3.87. The van der Waals surface area contributed by atoms with Gasteiger partial charge in [0.1, 0.15) is 5.01 Å². The molecule has 0 aliphatic rings. The van der Waals surface area contributed by atoms with Crippen LogP contribution in [0.25, 0.3) is 0 Å². The lowest BCUT2D eigenvalue weighted by atomic mass is 10.2. The van der Waals surface area contributed by atoms with E-state index in [-0.39, 0.29) is 0 Å². The first-order valence-corrected chi connectivity index (χ1v) is 7.04. The Morgan fingerprint density at radius 3 is 2.81 bits per heavy atom. The molecule has 5 heteroatoms. The monoisotopic (exact) mass is 253 g/mol. The number of nitrogens with one attached hydrogen (secondary N) is 1. The van der Waals surface area contributed by atoms with Gasteiger partial charge in [0.15, 0.2) is 0 Å². The fourth-order valence-electron chi connectivity index (χ4n) is 1.29. The lowest BCUT2D eigenvalue weighted by Crippen LogP contribution is -2.11. The smallest absolute Gasteiger partial charge is 0.107 e. The van der Waals surface area contributed by atoms with Crippen LogP contribution in [0.4, 0.5) is 0 Å². The summed E-state index contributed by atoms with van der Waals surface area (Å²) >= 11 is 3.41. The summed E-state index contributed by atoms with van der Waals surface area (Å²) in [4.78, 5) is 9.88. The molecule has 0 saturated carbocycles. The van der Waals surface area contributed by atoms with Gasteiger partial charge in [-0.05, 0) is 5.92 Å². The average molecular weight is 253 g/mol. The van der Waals surface area contributed by atoms with E-state index in [4.69, 9.17) is 0 Å². The zero-order valence-corrected chi connectivity index (χ0v) is 11.1. The standard InChI is InChI=1S/C11H15N3S2/c1-8(2)10-6-15-11(14-10)5-12-3-9-4-13-7-16-9/h4,6-8,12H,3,5H2,1-2H3. The first kappa shape index (κ1) is 11.7. The minimum Gasteiger partial charge on any atom is -0.305 e. The normalized spacial score (nSPS) is 11.2. The minimum atomic E-state index is 0.520. The highest BCUT2D eigenvalue weighted by Crippen LogP contribution is 2.17. The van der Waals surface area contributed by atoms with Crippen molar-refractivity contribution in [2.24, 2.45) is 0 Å². The van der Waals surface area contributed by atoms with Gasteiger partial charge in [-0.25, -0.2) is 4.98 Å². The molecule has 2 rings (SSSR count). The third-order valence-electron chi connectivity index (χ3n) is 2.22. The highest BCUT2D eigenvalue weighted by atomic mass is 32.1. The second kappa shape index (κ2) is 5.52. The van der Waals surface area contributed by atoms with Gasteiger partial charge in [-0.15, -0.1) is 22.7 Å². The molecular formula is C11H15N3S2. The quantitative estimate of drug-likeness (QED) is 0.890. The molecule has 0 unspecified atom stereocenters. The number of hydrogen-bond donors (Lipinski definition) is 1. The fourth-order valence-corrected chi connectivity index (χ4v) is 2.78. The molecule has 0 atom stereocenters. The Kier molecular flexibility index (Phi) is 4.04. The van der Waals surface area contributed by atoms with Crippen LogP contribution in [0.15, 0.2) is 17.1 Å². The molecule has 0 aromatic carbocycles. The molecule has 2 aromatic rings. The van der Waals surface area contributed by atoms with Crippen LogP contribution in [-0.4, -0.2) is 9.97 Å². The molecule has 0 saturated heterocycles. The largest absolute Gasteiger partial charge is 0.305 e. The molecule has 2 aromatic heterocycles. The van der Waals surface area contributed by atoms with Crippen LogP contribution in [-0.2, 0) is 13.1 Å². The predicted molar refractivity (Wildman–Crippen MR) is 68.9 cm³/mol. The zero-order valence-electron chi connectivity index (χ0n) is 9.43. The highest BCUT2D eigenvalue weighted by molar-refractivity contribution is 7.09. The predicted octanol–water partition coefficient (Wildman–Crippen LogP) is 3.01. The van der Waals surface area contributed by atoms with E-state index in [1.165, 1.54) is 10.6 Å². The van der Waals surface area contributed by atoms with Crippen LogP contribution in [0.3, 0.4) is 0 Å². The molecule has 0 fully saturated rings. The van der Waals surface area contributed by atoms with Gasteiger partial charge in [-0.1, -0.05) is 13.8 Å². The summed E-state index contributed by atoms with van der Waals surface area (Å²) in [7, 11) is 0. The molecule has 0 spiro atoms. The van der Waals surface area contributed by atoms with Crippen molar-refractivity contribution < 1.29 is 0 Å². The van der Waals surface area contributed by atoms with Crippen molar-refractivity contribution in [1.82, 2.24) is 15.3 Å². The topological polar surface area (TPSA) is 37.8 Å². The summed E-state index contributed by atoms with van der Waals surface area (Å²) in [6.45, 7) is 6.06. The summed E-state index contributed by atoms with van der Waals surface area (Å²) in [5.74, 6) is 0.520. The molecule has 16 heavy (non-hydrogen) atoms. The molecule has 0 aliphatic carbocycles. The Balaban J connectivity index is 1.81. The van der Waals surface area contributed by atoms with E-state index >= 15 is 0 Å². The number of thiazole rings is 2. The lowest BCUT2D eigenvalue weighted by Gasteiger charge is -2.00. The van der Waals surface area contributed by atoms with E-state index in [9.17, 15) is 0 Å². The second-order valence-corrected chi connectivity index (χ2v) is 5.81. The Labute approximate surface area is 104 Å². The Hall–Kier alpha value is -0.780. The van der Waals surface area contributed by atoms with E-state index in [0.29, 0.717) is 5.92 Å². The lowest BCUT2D eigenvalue weighted by molar-refractivity contribution is 0.690. The third kappa shape index (κ3) is 3.10. The molecule has 86 valence electrons. The molecule has 3 nitrogen and oxygen atoms in total. The summed E-state index contributed by atoms with van der Waals surface area (Å²) in [6.07, 6.45) is 1.90. The Bertz CT molecular complexity index is 420. The maximum Gasteiger partial charge on any atom is 0.107 e. The van der Waals surface area contributed by atoms with Gasteiger partial charge < -0.3 is 5.32 Å². The van der Waals surface area contributed by atoms with Gasteiger partial charge >= 0.3 is 0 Å². The van der Waals surface area contributed by atoms with Gasteiger partial charge in [-0.3, -0.25) is 4.98 Å². The van der Waals surface area contributed by atoms with Crippen LogP contribution < -0.4 is 5.32 Å². The van der Waals surface area contributed by atoms with Gasteiger partial charge in [0, 0.05) is 29.5 Å². The maximum absolute atomic E-state index is 4.57.